The molecule has 1 aromatic heterocycles. The van der Waals surface area contributed by atoms with Crippen molar-refractivity contribution in [3.63, 3.8) is 0 Å². The average molecular weight is 274 g/mol. The molecule has 0 spiro atoms. The van der Waals surface area contributed by atoms with Gasteiger partial charge in [-0.1, -0.05) is 12.1 Å². The van der Waals surface area contributed by atoms with E-state index in [2.05, 4.69) is 21.9 Å². The lowest BCUT2D eigenvalue weighted by molar-refractivity contribution is -0.00976. The third kappa shape index (κ3) is 1.77. The van der Waals surface area contributed by atoms with E-state index in [1.807, 2.05) is 0 Å². The van der Waals surface area contributed by atoms with Crippen LogP contribution < -0.4 is 5.73 Å². The zero-order chi connectivity index (χ0) is 13.7. The summed E-state index contributed by atoms with van der Waals surface area (Å²) < 4.78 is 2.19. The van der Waals surface area contributed by atoms with Gasteiger partial charge in [-0.3, -0.25) is 0 Å². The summed E-state index contributed by atoms with van der Waals surface area (Å²) in [5.74, 6) is 2.87. The van der Waals surface area contributed by atoms with E-state index in [0.29, 0.717) is 12.0 Å². The molecule has 4 fully saturated rings. The van der Waals surface area contributed by atoms with E-state index in [1.165, 1.54) is 44.2 Å². The van der Waals surface area contributed by atoms with Crippen molar-refractivity contribution < 1.29 is 0 Å². The number of aryl methyl sites for hydroxylation is 1. The van der Waals surface area contributed by atoms with Crippen LogP contribution in [0.2, 0.25) is 0 Å². The average Bonchev–Trinajstić information content (AvgIpc) is 2.81. The minimum absolute atomic E-state index is 0.363. The number of nitrogens with two attached hydrogens (primary N) is 1. The maximum atomic E-state index is 5.96. The molecule has 0 amide bonds. The zero-order valence-electron chi connectivity index (χ0n) is 12.5. The summed E-state index contributed by atoms with van der Waals surface area (Å²) in [7, 11) is 0. The summed E-state index contributed by atoms with van der Waals surface area (Å²) in [6, 6.07) is 0. The third-order valence-electron chi connectivity index (χ3n) is 5.97. The summed E-state index contributed by atoms with van der Waals surface area (Å²) in [5.41, 5.74) is 8.81. The van der Waals surface area contributed by atoms with Gasteiger partial charge in [-0.15, -0.1) is 5.10 Å². The van der Waals surface area contributed by atoms with Gasteiger partial charge in [0.2, 0.25) is 0 Å². The van der Waals surface area contributed by atoms with Crippen LogP contribution in [0.25, 0.3) is 0 Å². The summed E-state index contributed by atoms with van der Waals surface area (Å²) in [4.78, 5) is 0. The van der Waals surface area contributed by atoms with Crippen LogP contribution in [0.5, 0.6) is 0 Å². The molecule has 1 heterocycles. The normalized spacial score (nSPS) is 38.6. The molecule has 0 aromatic carbocycles. The Labute approximate surface area is 121 Å². The van der Waals surface area contributed by atoms with Crippen LogP contribution in [0, 0.1) is 17.8 Å². The first kappa shape index (κ1) is 12.8. The summed E-state index contributed by atoms with van der Waals surface area (Å²) in [6.07, 6.45) is 9.65. The predicted octanol–water partition coefficient (Wildman–Crippen LogP) is 2.61. The molecular formula is C16H26N4. The topological polar surface area (TPSA) is 56.7 Å². The van der Waals surface area contributed by atoms with Gasteiger partial charge in [0.15, 0.2) is 0 Å². The van der Waals surface area contributed by atoms with Crippen LogP contribution >= 0.6 is 0 Å². The lowest BCUT2D eigenvalue weighted by Gasteiger charge is -2.56. The number of rotatable bonds is 4. The molecule has 4 aliphatic rings. The van der Waals surface area contributed by atoms with Crippen molar-refractivity contribution in [2.24, 2.45) is 23.5 Å². The maximum absolute atomic E-state index is 5.96. The highest BCUT2D eigenvalue weighted by Gasteiger charge is 2.53. The van der Waals surface area contributed by atoms with E-state index in [-0.39, 0.29) is 0 Å². The van der Waals surface area contributed by atoms with Gasteiger partial charge in [-0.05, 0) is 62.7 Å². The molecule has 4 bridgehead atoms. The van der Waals surface area contributed by atoms with Gasteiger partial charge < -0.3 is 5.73 Å². The highest BCUT2D eigenvalue weighted by molar-refractivity contribution is 5.27. The van der Waals surface area contributed by atoms with Gasteiger partial charge in [0, 0.05) is 18.5 Å². The zero-order valence-corrected chi connectivity index (χ0v) is 12.5. The Morgan fingerprint density at radius 1 is 1.15 bits per heavy atom. The second-order valence-corrected chi connectivity index (χ2v) is 7.51. The van der Waals surface area contributed by atoms with Crippen molar-refractivity contribution in [3.05, 3.63) is 11.4 Å². The molecule has 5 rings (SSSR count). The second-order valence-electron chi connectivity index (χ2n) is 7.51. The first-order chi connectivity index (χ1) is 9.74. The van der Waals surface area contributed by atoms with Gasteiger partial charge in [-0.25, -0.2) is 4.68 Å². The minimum atomic E-state index is 0.363. The van der Waals surface area contributed by atoms with Crippen molar-refractivity contribution in [2.75, 3.05) is 0 Å². The molecule has 0 aliphatic heterocycles. The lowest BCUT2D eigenvalue weighted by atomic mass is 9.48. The first-order valence-electron chi connectivity index (χ1n) is 8.37. The molecule has 4 nitrogen and oxygen atoms in total. The van der Waals surface area contributed by atoms with E-state index < -0.39 is 0 Å². The Hall–Kier alpha value is -0.900. The fourth-order valence-corrected chi connectivity index (χ4v) is 5.84. The van der Waals surface area contributed by atoms with Crippen molar-refractivity contribution in [3.8, 4) is 0 Å². The second kappa shape index (κ2) is 4.55. The third-order valence-corrected chi connectivity index (χ3v) is 5.97. The Balaban J connectivity index is 1.78. The predicted molar refractivity (Wildman–Crippen MR) is 78.1 cm³/mol. The monoisotopic (exact) mass is 274 g/mol. The van der Waals surface area contributed by atoms with Gasteiger partial charge >= 0.3 is 0 Å². The first-order valence-corrected chi connectivity index (χ1v) is 8.37. The van der Waals surface area contributed by atoms with Gasteiger partial charge in [-0.2, -0.15) is 0 Å². The van der Waals surface area contributed by atoms with Crippen molar-refractivity contribution in [1.82, 2.24) is 15.0 Å². The van der Waals surface area contributed by atoms with E-state index >= 15 is 0 Å². The van der Waals surface area contributed by atoms with Crippen molar-refractivity contribution >= 4 is 0 Å². The van der Waals surface area contributed by atoms with Crippen LogP contribution in [0.4, 0.5) is 0 Å². The molecule has 0 radical (unpaired) electrons. The molecule has 4 saturated carbocycles. The van der Waals surface area contributed by atoms with E-state index in [4.69, 9.17) is 5.73 Å². The van der Waals surface area contributed by atoms with Crippen molar-refractivity contribution in [1.29, 1.82) is 0 Å². The lowest BCUT2D eigenvalue weighted by Crippen LogP contribution is -2.50. The van der Waals surface area contributed by atoms with Crippen molar-refractivity contribution in [2.45, 2.75) is 70.4 Å². The standard InChI is InChI=1S/C16H26N4/c1-2-3-20-15(14(10-17)18-19-20)16-7-11-4-12(8-16)6-13(5-11)9-16/h11-13H,2-10,17H2,1H3. The fourth-order valence-electron chi connectivity index (χ4n) is 5.84. The summed E-state index contributed by atoms with van der Waals surface area (Å²) >= 11 is 0. The highest BCUT2D eigenvalue weighted by atomic mass is 15.4. The molecular weight excluding hydrogens is 248 g/mol. The van der Waals surface area contributed by atoms with E-state index in [9.17, 15) is 0 Å². The van der Waals surface area contributed by atoms with Gasteiger partial charge in [0.1, 0.15) is 0 Å². The van der Waals surface area contributed by atoms with Crippen LogP contribution in [0.15, 0.2) is 0 Å². The van der Waals surface area contributed by atoms with Crippen LogP contribution in [-0.2, 0) is 18.5 Å². The van der Waals surface area contributed by atoms with Gasteiger partial charge in [0.25, 0.3) is 0 Å². The van der Waals surface area contributed by atoms with Gasteiger partial charge in [0.05, 0.1) is 11.4 Å². The van der Waals surface area contributed by atoms with Crippen LogP contribution in [0.3, 0.4) is 0 Å². The quantitative estimate of drug-likeness (QED) is 0.918. The van der Waals surface area contributed by atoms with Crippen LogP contribution in [-0.4, -0.2) is 15.0 Å². The molecule has 4 heteroatoms. The number of aromatic nitrogens is 3. The molecule has 4 aliphatic carbocycles. The largest absolute Gasteiger partial charge is 0.325 e. The molecule has 110 valence electrons. The number of hydrogen-bond donors (Lipinski definition) is 1. The Bertz CT molecular complexity index is 469. The molecule has 0 atom stereocenters. The molecule has 0 unspecified atom stereocenters. The summed E-state index contributed by atoms with van der Waals surface area (Å²) in [6.45, 7) is 3.75. The molecule has 20 heavy (non-hydrogen) atoms. The highest BCUT2D eigenvalue weighted by Crippen LogP contribution is 2.60. The van der Waals surface area contributed by atoms with E-state index in [1.54, 1.807) is 0 Å². The minimum Gasteiger partial charge on any atom is -0.325 e. The summed E-state index contributed by atoms with van der Waals surface area (Å²) in [5, 5.41) is 8.82. The SMILES string of the molecule is CCCn1nnc(CN)c1C12CC3CC(CC(C3)C1)C2. The molecule has 1 aromatic rings. The Kier molecular flexibility index (Phi) is 2.92. The molecule has 0 saturated heterocycles. The number of hydrogen-bond acceptors (Lipinski definition) is 3. The Morgan fingerprint density at radius 3 is 2.25 bits per heavy atom. The Morgan fingerprint density at radius 2 is 1.75 bits per heavy atom. The fraction of sp³-hybridized carbons (Fsp3) is 0.875. The number of nitrogens with zero attached hydrogens (tertiary/aromatic N) is 3. The smallest absolute Gasteiger partial charge is 0.1000 e. The maximum Gasteiger partial charge on any atom is 0.1000 e. The van der Waals surface area contributed by atoms with Crippen LogP contribution in [0.1, 0.15) is 63.3 Å². The molecule has 2 N–H and O–H groups in total. The van der Waals surface area contributed by atoms with E-state index in [0.717, 1.165) is 36.4 Å².